The van der Waals surface area contributed by atoms with Crippen molar-refractivity contribution >= 4 is 23.1 Å². The van der Waals surface area contributed by atoms with Gasteiger partial charge in [0, 0.05) is 19.2 Å². The molecule has 350 valence electrons. The van der Waals surface area contributed by atoms with E-state index in [0.29, 0.717) is 49.3 Å². The molecule has 10 nitrogen and oxygen atoms in total. The molecule has 71 heavy (non-hydrogen) atoms. The molecule has 7 aromatic carbocycles. The van der Waals surface area contributed by atoms with Gasteiger partial charge in [-0.25, -0.2) is 18.9 Å². The molecule has 0 spiro atoms. The predicted octanol–water partition coefficient (Wildman–Crippen LogP) is 11.6. The number of anilines is 1. The van der Waals surface area contributed by atoms with Gasteiger partial charge in [-0.15, -0.1) is 5.10 Å². The van der Waals surface area contributed by atoms with E-state index in [1.807, 2.05) is 58.2 Å². The van der Waals surface area contributed by atoms with Gasteiger partial charge < -0.3 is 15.3 Å². The lowest BCUT2D eigenvalue weighted by molar-refractivity contribution is 0.134. The summed E-state index contributed by atoms with van der Waals surface area (Å²) in [6.07, 6.45) is 4.66. The van der Waals surface area contributed by atoms with Crippen molar-refractivity contribution < 1.29 is 14.3 Å². The highest BCUT2D eigenvalue weighted by Crippen LogP contribution is 2.44. The molecule has 0 saturated carbocycles. The number of pyridine rings is 1. The van der Waals surface area contributed by atoms with Crippen LogP contribution in [0.2, 0.25) is 0 Å². The molecule has 1 amide bonds. The van der Waals surface area contributed by atoms with E-state index in [1.54, 1.807) is 12.1 Å². The molecule has 10 aromatic rings. The van der Waals surface area contributed by atoms with Crippen LogP contribution in [0.1, 0.15) is 56.5 Å². The number of nitrogens with zero attached hydrogens (tertiary/aromatic N) is 7. The Kier molecular flexibility index (Phi) is 12.2. The Balaban J connectivity index is 1.06. The summed E-state index contributed by atoms with van der Waals surface area (Å²) >= 11 is 0. The van der Waals surface area contributed by atoms with Gasteiger partial charge in [0.05, 0.1) is 18.8 Å². The van der Waals surface area contributed by atoms with Crippen molar-refractivity contribution in [2.45, 2.75) is 42.9 Å². The van der Waals surface area contributed by atoms with Gasteiger partial charge in [0.15, 0.2) is 5.65 Å². The van der Waals surface area contributed by atoms with E-state index in [0.717, 1.165) is 50.1 Å². The van der Waals surface area contributed by atoms with Crippen LogP contribution in [-0.4, -0.2) is 58.4 Å². The number of rotatable bonds is 15. The van der Waals surface area contributed by atoms with Crippen molar-refractivity contribution in [1.29, 1.82) is 0 Å². The number of amides is 1. The summed E-state index contributed by atoms with van der Waals surface area (Å²) in [7, 11) is 0. The summed E-state index contributed by atoms with van der Waals surface area (Å²) in [6, 6.07) is 70.9. The minimum absolute atomic E-state index is 0.0970. The van der Waals surface area contributed by atoms with E-state index in [1.165, 1.54) is 17.0 Å². The van der Waals surface area contributed by atoms with Crippen LogP contribution in [0.3, 0.4) is 0 Å². The third-order valence-electron chi connectivity index (χ3n) is 14.0. The second-order valence-electron chi connectivity index (χ2n) is 18.4. The molecule has 1 saturated heterocycles. The maximum atomic E-state index is 13.7. The molecular formula is C60H51FN8O2. The first-order valence-corrected chi connectivity index (χ1v) is 24.0. The third-order valence-corrected chi connectivity index (χ3v) is 14.0. The van der Waals surface area contributed by atoms with Gasteiger partial charge in [0.2, 0.25) is 0 Å². The largest absolute Gasteiger partial charge is 0.465 e. The number of halogens is 1. The predicted molar refractivity (Wildman–Crippen MR) is 275 cm³/mol. The van der Waals surface area contributed by atoms with Crippen LogP contribution in [0.4, 0.5) is 15.0 Å². The molecule has 1 fully saturated rings. The number of likely N-dealkylation sites (tertiary alicyclic amines) is 1. The van der Waals surface area contributed by atoms with Crippen molar-refractivity contribution in [3.05, 3.63) is 281 Å². The van der Waals surface area contributed by atoms with Crippen LogP contribution < -0.4 is 5.32 Å². The summed E-state index contributed by atoms with van der Waals surface area (Å²) < 4.78 is 17.5. The summed E-state index contributed by atoms with van der Waals surface area (Å²) in [5.74, 6) is 0.418. The van der Waals surface area contributed by atoms with Gasteiger partial charge in [-0.05, 0) is 87.0 Å². The Hall–Kier alpha value is -8.70. The summed E-state index contributed by atoms with van der Waals surface area (Å²) in [5.41, 5.74) is 8.15. The molecule has 2 N–H and O–H groups in total. The van der Waals surface area contributed by atoms with Gasteiger partial charge in [0.1, 0.15) is 28.2 Å². The van der Waals surface area contributed by atoms with Crippen molar-refractivity contribution in [1.82, 2.24) is 34.7 Å². The molecule has 11 rings (SSSR count). The van der Waals surface area contributed by atoms with Crippen molar-refractivity contribution in [3.63, 3.8) is 0 Å². The van der Waals surface area contributed by atoms with Crippen LogP contribution in [-0.2, 0) is 30.5 Å². The van der Waals surface area contributed by atoms with Gasteiger partial charge in [-0.1, -0.05) is 199 Å². The van der Waals surface area contributed by atoms with E-state index in [4.69, 9.17) is 20.4 Å². The molecule has 1 aliphatic rings. The lowest BCUT2D eigenvalue weighted by Gasteiger charge is -2.38. The van der Waals surface area contributed by atoms with Crippen LogP contribution in [0, 0.1) is 11.7 Å². The number of hydrogen-bond acceptors (Lipinski definition) is 6. The number of carboxylic acid groups (broad SMARTS) is 1. The molecule has 2 atom stereocenters. The maximum Gasteiger partial charge on any atom is 0.407 e. The highest BCUT2D eigenvalue weighted by molar-refractivity contribution is 5.79. The maximum absolute atomic E-state index is 13.7. The Morgan fingerprint density at radius 1 is 0.648 bits per heavy atom. The monoisotopic (exact) mass is 934 g/mol. The van der Waals surface area contributed by atoms with Gasteiger partial charge in [-0.3, -0.25) is 4.68 Å². The number of hydrogen-bond donors (Lipinski definition) is 2. The Labute approximate surface area is 411 Å². The van der Waals surface area contributed by atoms with Crippen molar-refractivity contribution in [2.24, 2.45) is 5.92 Å². The number of carbonyl (C=O) groups is 1. The van der Waals surface area contributed by atoms with E-state index in [-0.39, 0.29) is 17.8 Å². The standard InChI is InChI=1S/C60H51FN8O2/c61-53-33-31-43(32-34-53)35-44-37-54(68(41-44)58(70)71)42-67-40-45(39-62-67)36-46-38-55(64-59(47-19-7-1-8-20-47,48-21-9-2-10-22-48)49-23-11-3-12-24-49)63-57-56(46)65-66-69(57)60(50-25-13-4-14-26-50,51-27-15-5-16-28-51)52-29-17-6-18-30-52/h1-34,38-40,44,54H,35-37,41-42H2,(H,63,64)(H,70,71). The average molecular weight is 935 g/mol. The third kappa shape index (κ3) is 8.60. The van der Waals surface area contributed by atoms with Crippen molar-refractivity contribution in [3.8, 4) is 0 Å². The van der Waals surface area contributed by atoms with E-state index >= 15 is 0 Å². The van der Waals surface area contributed by atoms with E-state index in [9.17, 15) is 14.3 Å². The smallest absolute Gasteiger partial charge is 0.407 e. The Morgan fingerprint density at radius 2 is 1.14 bits per heavy atom. The zero-order chi connectivity index (χ0) is 48.2. The fourth-order valence-corrected chi connectivity index (χ4v) is 10.8. The summed E-state index contributed by atoms with van der Waals surface area (Å²) in [4.78, 5) is 19.7. The van der Waals surface area contributed by atoms with Crippen LogP contribution in [0.25, 0.3) is 11.2 Å². The molecular weight excluding hydrogens is 884 g/mol. The lowest BCUT2D eigenvalue weighted by atomic mass is 9.77. The zero-order valence-corrected chi connectivity index (χ0v) is 38.9. The summed E-state index contributed by atoms with van der Waals surface area (Å²) in [5, 5.41) is 29.3. The average Bonchev–Trinajstić information content (AvgIpc) is 4.17. The Morgan fingerprint density at radius 3 is 1.63 bits per heavy atom. The summed E-state index contributed by atoms with van der Waals surface area (Å²) in [6.45, 7) is 0.793. The molecule has 11 heteroatoms. The van der Waals surface area contributed by atoms with Crippen LogP contribution in [0.15, 0.2) is 225 Å². The number of nitrogens with one attached hydrogen (secondary N) is 1. The highest BCUT2D eigenvalue weighted by Gasteiger charge is 2.43. The zero-order valence-electron chi connectivity index (χ0n) is 38.9. The van der Waals surface area contributed by atoms with Gasteiger partial charge in [0.25, 0.3) is 0 Å². The molecule has 1 aliphatic heterocycles. The molecule has 0 bridgehead atoms. The first-order valence-electron chi connectivity index (χ1n) is 24.0. The second-order valence-corrected chi connectivity index (χ2v) is 18.4. The SMILES string of the molecule is O=C(O)N1CC(Cc2ccc(F)cc2)CC1Cn1cc(Cc2cc(NC(c3ccccc3)(c3ccccc3)c3ccccc3)nc3c2nnn3C(c2ccccc2)(c2ccccc2)c2ccccc2)cn1. The van der Waals surface area contributed by atoms with Crippen LogP contribution in [0.5, 0.6) is 0 Å². The van der Waals surface area contributed by atoms with Gasteiger partial charge >= 0.3 is 6.09 Å². The van der Waals surface area contributed by atoms with E-state index in [2.05, 4.69) is 157 Å². The second kappa shape index (κ2) is 19.4. The topological polar surface area (TPSA) is 114 Å². The quantitative estimate of drug-likeness (QED) is 0.0984. The lowest BCUT2D eigenvalue weighted by Crippen LogP contribution is -2.39. The van der Waals surface area contributed by atoms with E-state index < -0.39 is 17.2 Å². The first kappa shape index (κ1) is 44.8. The number of aromatic nitrogens is 6. The number of fused-ring (bicyclic) bond motifs is 1. The minimum atomic E-state index is -1.01. The fourth-order valence-electron chi connectivity index (χ4n) is 10.8. The highest BCUT2D eigenvalue weighted by atomic mass is 19.1. The fraction of sp³-hybridized carbons (Fsp3) is 0.150. The molecule has 3 aromatic heterocycles. The molecule has 4 heterocycles. The molecule has 0 aliphatic carbocycles. The first-order chi connectivity index (χ1) is 34.9. The molecule has 2 unspecified atom stereocenters. The number of benzene rings is 7. The molecule has 0 radical (unpaired) electrons. The van der Waals surface area contributed by atoms with Crippen LogP contribution >= 0.6 is 0 Å². The Bertz CT molecular complexity index is 3180. The van der Waals surface area contributed by atoms with Crippen molar-refractivity contribution in [2.75, 3.05) is 11.9 Å². The normalized spacial score (nSPS) is 15.0. The minimum Gasteiger partial charge on any atom is -0.465 e. The van der Waals surface area contributed by atoms with Gasteiger partial charge in [-0.2, -0.15) is 5.10 Å².